The molecule has 0 radical (unpaired) electrons. The highest BCUT2D eigenvalue weighted by Crippen LogP contribution is 2.37. The molecule has 1 N–H and O–H groups in total. The van der Waals surface area contributed by atoms with Gasteiger partial charge in [-0.05, 0) is 51.0 Å². The standard InChI is InChI=1S/C18H21O4P/c1-5-21-23(20)22-16-9-7-6-8-15(16)18(19)17-13(3)10-12(2)11-14(17)4/h6-11,20H,5H2,1-4H3. The van der Waals surface area contributed by atoms with E-state index >= 15 is 0 Å². The van der Waals surface area contributed by atoms with Crippen molar-refractivity contribution in [3.8, 4) is 5.75 Å². The number of carbonyl (C=O) groups is 1. The van der Waals surface area contributed by atoms with Crippen molar-refractivity contribution >= 4 is 14.4 Å². The van der Waals surface area contributed by atoms with E-state index in [0.29, 0.717) is 23.5 Å². The summed E-state index contributed by atoms with van der Waals surface area (Å²) in [6.45, 7) is 7.97. The Morgan fingerprint density at radius 3 is 2.35 bits per heavy atom. The van der Waals surface area contributed by atoms with E-state index in [0.717, 1.165) is 16.7 Å². The third-order valence-electron chi connectivity index (χ3n) is 3.45. The number of para-hydroxylation sites is 1. The predicted molar refractivity (Wildman–Crippen MR) is 91.9 cm³/mol. The average molecular weight is 332 g/mol. The Morgan fingerprint density at radius 1 is 1.13 bits per heavy atom. The van der Waals surface area contributed by atoms with E-state index in [9.17, 15) is 9.69 Å². The minimum Gasteiger partial charge on any atom is -0.426 e. The molecule has 0 aliphatic heterocycles. The van der Waals surface area contributed by atoms with Crippen LogP contribution in [0, 0.1) is 20.8 Å². The molecule has 0 saturated heterocycles. The number of rotatable bonds is 6. The first-order chi connectivity index (χ1) is 10.9. The molecule has 2 aromatic rings. The van der Waals surface area contributed by atoms with Gasteiger partial charge in [-0.2, -0.15) is 0 Å². The largest absolute Gasteiger partial charge is 0.426 e. The van der Waals surface area contributed by atoms with Crippen molar-refractivity contribution in [2.45, 2.75) is 27.7 Å². The van der Waals surface area contributed by atoms with Gasteiger partial charge >= 0.3 is 8.60 Å². The lowest BCUT2D eigenvalue weighted by Gasteiger charge is -2.15. The van der Waals surface area contributed by atoms with Crippen LogP contribution >= 0.6 is 8.60 Å². The molecule has 4 nitrogen and oxygen atoms in total. The molecule has 0 saturated carbocycles. The summed E-state index contributed by atoms with van der Waals surface area (Å²) in [5.74, 6) is 0.217. The van der Waals surface area contributed by atoms with Crippen LogP contribution in [0.1, 0.15) is 39.5 Å². The van der Waals surface area contributed by atoms with Gasteiger partial charge in [-0.25, -0.2) is 0 Å². The van der Waals surface area contributed by atoms with Crippen LogP contribution in [-0.2, 0) is 4.52 Å². The van der Waals surface area contributed by atoms with E-state index in [-0.39, 0.29) is 5.78 Å². The highest BCUT2D eigenvalue weighted by molar-refractivity contribution is 7.41. The number of carbonyl (C=O) groups excluding carboxylic acids is 1. The fraction of sp³-hybridized carbons (Fsp3) is 0.278. The lowest BCUT2D eigenvalue weighted by molar-refractivity contribution is 0.103. The first-order valence-corrected chi connectivity index (χ1v) is 8.58. The van der Waals surface area contributed by atoms with Gasteiger partial charge in [-0.15, -0.1) is 0 Å². The van der Waals surface area contributed by atoms with Gasteiger partial charge in [0.2, 0.25) is 0 Å². The molecule has 122 valence electrons. The van der Waals surface area contributed by atoms with Crippen LogP contribution in [0.4, 0.5) is 0 Å². The molecule has 2 rings (SSSR count). The second kappa shape index (κ2) is 7.69. The first kappa shape index (κ1) is 17.6. The van der Waals surface area contributed by atoms with Crippen LogP contribution in [0.25, 0.3) is 0 Å². The molecule has 2 aromatic carbocycles. The maximum atomic E-state index is 13.0. The fourth-order valence-electron chi connectivity index (χ4n) is 2.63. The molecule has 0 spiro atoms. The van der Waals surface area contributed by atoms with Crippen molar-refractivity contribution in [1.29, 1.82) is 0 Å². The van der Waals surface area contributed by atoms with Gasteiger partial charge in [0, 0.05) is 5.56 Å². The minimum absolute atomic E-state index is 0.115. The van der Waals surface area contributed by atoms with Gasteiger partial charge in [-0.3, -0.25) is 4.79 Å². The van der Waals surface area contributed by atoms with E-state index in [1.807, 2.05) is 32.9 Å². The molecule has 5 heteroatoms. The van der Waals surface area contributed by atoms with Gasteiger partial charge in [0.05, 0.1) is 12.2 Å². The molecule has 23 heavy (non-hydrogen) atoms. The van der Waals surface area contributed by atoms with Crippen LogP contribution in [0.5, 0.6) is 5.75 Å². The maximum Gasteiger partial charge on any atom is 0.394 e. The van der Waals surface area contributed by atoms with Crippen LogP contribution in [0.3, 0.4) is 0 Å². The monoisotopic (exact) mass is 332 g/mol. The fourth-order valence-corrected chi connectivity index (χ4v) is 3.23. The molecule has 1 atom stereocenters. The van der Waals surface area contributed by atoms with Gasteiger partial charge in [0.25, 0.3) is 0 Å². The van der Waals surface area contributed by atoms with Crippen LogP contribution < -0.4 is 4.52 Å². The Balaban J connectivity index is 2.41. The van der Waals surface area contributed by atoms with Crippen molar-refractivity contribution in [3.05, 3.63) is 64.2 Å². The molecule has 0 heterocycles. The molecule has 0 bridgehead atoms. The van der Waals surface area contributed by atoms with E-state index in [2.05, 4.69) is 0 Å². The minimum atomic E-state index is -2.04. The highest BCUT2D eigenvalue weighted by atomic mass is 31.2. The lowest BCUT2D eigenvalue weighted by atomic mass is 9.93. The summed E-state index contributed by atoms with van der Waals surface area (Å²) in [7, 11) is -2.04. The van der Waals surface area contributed by atoms with E-state index in [1.54, 1.807) is 31.2 Å². The summed E-state index contributed by atoms with van der Waals surface area (Å²) >= 11 is 0. The Labute approximate surface area is 138 Å². The van der Waals surface area contributed by atoms with Gasteiger partial charge < -0.3 is 13.9 Å². The Hall–Kier alpha value is -1.74. The summed E-state index contributed by atoms with van der Waals surface area (Å²) in [5.41, 5.74) is 4.07. The van der Waals surface area contributed by atoms with Crippen LogP contribution in [0.2, 0.25) is 0 Å². The smallest absolute Gasteiger partial charge is 0.394 e. The Kier molecular flexibility index (Phi) is 5.89. The van der Waals surface area contributed by atoms with Crippen molar-refractivity contribution in [3.63, 3.8) is 0 Å². The summed E-state index contributed by atoms with van der Waals surface area (Å²) in [5, 5.41) is 0. The molecular formula is C18H21O4P. The average Bonchev–Trinajstić information content (AvgIpc) is 2.46. The molecule has 0 aliphatic carbocycles. The number of aryl methyl sites for hydroxylation is 3. The second-order valence-corrected chi connectivity index (χ2v) is 6.26. The summed E-state index contributed by atoms with van der Waals surface area (Å²) in [6.07, 6.45) is 0. The van der Waals surface area contributed by atoms with E-state index < -0.39 is 8.60 Å². The third kappa shape index (κ3) is 4.17. The van der Waals surface area contributed by atoms with Crippen LogP contribution in [0.15, 0.2) is 36.4 Å². The van der Waals surface area contributed by atoms with E-state index in [4.69, 9.17) is 9.05 Å². The first-order valence-electron chi connectivity index (χ1n) is 7.45. The van der Waals surface area contributed by atoms with Crippen molar-refractivity contribution in [2.24, 2.45) is 0 Å². The topological polar surface area (TPSA) is 55.8 Å². The zero-order valence-electron chi connectivity index (χ0n) is 13.8. The third-order valence-corrected chi connectivity index (χ3v) is 4.28. The SMILES string of the molecule is CCOP(O)Oc1ccccc1C(=O)c1c(C)cc(C)cc1C. The quantitative estimate of drug-likeness (QED) is 0.626. The zero-order chi connectivity index (χ0) is 17.0. The van der Waals surface area contributed by atoms with E-state index in [1.165, 1.54) is 0 Å². The van der Waals surface area contributed by atoms with Gasteiger partial charge in [0.1, 0.15) is 5.75 Å². The van der Waals surface area contributed by atoms with Crippen molar-refractivity contribution in [1.82, 2.24) is 0 Å². The maximum absolute atomic E-state index is 13.0. The number of hydrogen-bond donors (Lipinski definition) is 1. The molecule has 0 fully saturated rings. The second-order valence-electron chi connectivity index (χ2n) is 5.35. The van der Waals surface area contributed by atoms with Gasteiger partial charge in [0.15, 0.2) is 5.78 Å². The molecule has 0 aromatic heterocycles. The summed E-state index contributed by atoms with van der Waals surface area (Å²) in [4.78, 5) is 22.7. The zero-order valence-corrected chi connectivity index (χ0v) is 14.7. The number of ketones is 1. The molecule has 1 unspecified atom stereocenters. The normalized spacial score (nSPS) is 12.0. The summed E-state index contributed by atoms with van der Waals surface area (Å²) < 4.78 is 10.4. The molecule has 0 aliphatic rings. The molecular weight excluding hydrogens is 311 g/mol. The Bertz CT molecular complexity index is 689. The lowest BCUT2D eigenvalue weighted by Crippen LogP contribution is -2.08. The van der Waals surface area contributed by atoms with Crippen molar-refractivity contribution < 1.29 is 18.7 Å². The number of benzene rings is 2. The summed E-state index contributed by atoms with van der Waals surface area (Å²) in [6, 6.07) is 10.9. The highest BCUT2D eigenvalue weighted by Gasteiger charge is 2.20. The van der Waals surface area contributed by atoms with Crippen molar-refractivity contribution in [2.75, 3.05) is 6.61 Å². The van der Waals surface area contributed by atoms with Gasteiger partial charge in [-0.1, -0.05) is 29.8 Å². The molecule has 0 amide bonds. The van der Waals surface area contributed by atoms with Crippen LogP contribution in [-0.4, -0.2) is 17.3 Å². The number of hydrogen-bond acceptors (Lipinski definition) is 4. The predicted octanol–water partition coefficient (Wildman–Crippen LogP) is 4.48. The Morgan fingerprint density at radius 2 is 1.74 bits per heavy atom.